The van der Waals surface area contributed by atoms with Crippen molar-refractivity contribution in [2.45, 2.75) is 31.7 Å². The van der Waals surface area contributed by atoms with Crippen LogP contribution in [0.3, 0.4) is 0 Å². The second-order valence-corrected chi connectivity index (χ2v) is 6.71. The second-order valence-electron chi connectivity index (χ2n) is 6.71. The third kappa shape index (κ3) is 7.26. The summed E-state index contributed by atoms with van der Waals surface area (Å²) < 4.78 is 107. The molecule has 2 rings (SSSR count). The molecule has 0 radical (unpaired) electrons. The monoisotopic (exact) mass is 482 g/mol. The van der Waals surface area contributed by atoms with Gasteiger partial charge in [-0.25, -0.2) is 9.18 Å². The van der Waals surface area contributed by atoms with E-state index < -0.39 is 65.6 Å². The third-order valence-corrected chi connectivity index (χ3v) is 4.33. The summed E-state index contributed by atoms with van der Waals surface area (Å²) in [7, 11) is 1.02. The summed E-state index contributed by atoms with van der Waals surface area (Å²) in [5, 5.41) is 0. The molecule has 12 heteroatoms. The molecule has 0 fully saturated rings. The minimum atomic E-state index is -5.08. The van der Waals surface area contributed by atoms with Gasteiger partial charge in [-0.05, 0) is 55.0 Å². The number of ketones is 1. The highest BCUT2D eigenvalue weighted by Gasteiger charge is 2.38. The quantitative estimate of drug-likeness (QED) is 0.220. The average Bonchev–Trinajstić information content (AvgIpc) is 2.74. The summed E-state index contributed by atoms with van der Waals surface area (Å²) in [6, 6.07) is 4.84. The van der Waals surface area contributed by atoms with Crippen molar-refractivity contribution in [2.24, 2.45) is 0 Å². The number of ether oxygens (including phenoxy) is 3. The number of carbonyl (C=O) groups is 2. The molecule has 0 heterocycles. The molecule has 2 aromatic carbocycles. The minimum Gasteiger partial charge on any atom is -0.467 e. The van der Waals surface area contributed by atoms with Gasteiger partial charge in [0.25, 0.3) is 0 Å². The summed E-state index contributed by atoms with van der Waals surface area (Å²) >= 11 is 0. The second kappa shape index (κ2) is 10.3. The summed E-state index contributed by atoms with van der Waals surface area (Å²) in [6.45, 7) is 0.291. The average molecular weight is 482 g/mol. The highest BCUT2D eigenvalue weighted by atomic mass is 19.4. The lowest BCUT2D eigenvalue weighted by Gasteiger charge is -2.23. The van der Waals surface area contributed by atoms with Crippen molar-refractivity contribution >= 4 is 11.8 Å². The van der Waals surface area contributed by atoms with Gasteiger partial charge in [-0.3, -0.25) is 4.79 Å². The maximum Gasteiger partial charge on any atom is 0.416 e. The van der Waals surface area contributed by atoms with Gasteiger partial charge >= 0.3 is 18.3 Å². The van der Waals surface area contributed by atoms with Gasteiger partial charge in [0.05, 0.1) is 24.3 Å². The van der Waals surface area contributed by atoms with E-state index in [9.17, 15) is 40.3 Å². The highest BCUT2D eigenvalue weighted by Crippen LogP contribution is 2.38. The number of benzene rings is 2. The van der Waals surface area contributed by atoms with Crippen molar-refractivity contribution in [2.75, 3.05) is 13.7 Å². The van der Waals surface area contributed by atoms with Gasteiger partial charge in [-0.1, -0.05) is 0 Å². The molecule has 2 aromatic rings. The zero-order valence-corrected chi connectivity index (χ0v) is 17.1. The van der Waals surface area contributed by atoms with Crippen molar-refractivity contribution in [1.82, 2.24) is 0 Å². The predicted octanol–water partition coefficient (Wildman–Crippen LogP) is 5.34. The molecule has 0 bridgehead atoms. The van der Waals surface area contributed by atoms with Crippen molar-refractivity contribution < 1.29 is 54.5 Å². The van der Waals surface area contributed by atoms with Gasteiger partial charge in [0.1, 0.15) is 12.4 Å². The number of hydrogen-bond acceptors (Lipinski definition) is 5. The Labute approximate surface area is 183 Å². The van der Waals surface area contributed by atoms with E-state index in [1.807, 2.05) is 0 Å². The Bertz CT molecular complexity index is 952. The molecule has 2 atom stereocenters. The van der Waals surface area contributed by atoms with Crippen LogP contribution in [0.15, 0.2) is 42.5 Å². The number of rotatable bonds is 8. The third-order valence-electron chi connectivity index (χ3n) is 4.33. The smallest absolute Gasteiger partial charge is 0.416 e. The molecule has 0 spiro atoms. The van der Waals surface area contributed by atoms with Crippen molar-refractivity contribution in [1.29, 1.82) is 0 Å². The standard InChI is InChI=1S/C21H17F7O5/c1-11(13-7-14(20(23,24)25)9-15(8-13)21(26,27)28)33-19(32-10-17(29)31-2)18(30)12-3-5-16(22)6-4-12/h3-9,11,19H,10H2,1-2H3/t11-,19?/m1/s1. The van der Waals surface area contributed by atoms with Crippen LogP contribution in [0.5, 0.6) is 0 Å². The van der Waals surface area contributed by atoms with E-state index in [0.717, 1.165) is 38.3 Å². The maximum atomic E-state index is 13.1. The van der Waals surface area contributed by atoms with Gasteiger partial charge in [-0.2, -0.15) is 26.3 Å². The Morgan fingerprint density at radius 2 is 1.42 bits per heavy atom. The molecule has 0 aromatic heterocycles. The normalized spacial score (nSPS) is 14.0. The number of methoxy groups -OCH3 is 1. The number of carbonyl (C=O) groups excluding carboxylic acids is 2. The molecule has 180 valence electrons. The molecule has 33 heavy (non-hydrogen) atoms. The van der Waals surface area contributed by atoms with E-state index in [2.05, 4.69) is 4.74 Å². The van der Waals surface area contributed by atoms with Gasteiger partial charge in [0, 0.05) is 5.56 Å². The maximum absolute atomic E-state index is 13.1. The molecule has 1 unspecified atom stereocenters. The zero-order valence-electron chi connectivity index (χ0n) is 17.1. The lowest BCUT2D eigenvalue weighted by molar-refractivity contribution is -0.168. The Kier molecular flexibility index (Phi) is 8.20. The fourth-order valence-electron chi connectivity index (χ4n) is 2.61. The first-order valence-corrected chi connectivity index (χ1v) is 9.15. The fourth-order valence-corrected chi connectivity index (χ4v) is 2.61. The molecule has 0 amide bonds. The topological polar surface area (TPSA) is 61.8 Å². The van der Waals surface area contributed by atoms with Crippen molar-refractivity contribution in [3.63, 3.8) is 0 Å². The van der Waals surface area contributed by atoms with Crippen LogP contribution < -0.4 is 0 Å². The highest BCUT2D eigenvalue weighted by molar-refractivity contribution is 5.98. The summed E-state index contributed by atoms with van der Waals surface area (Å²) in [4.78, 5) is 24.1. The van der Waals surface area contributed by atoms with Crippen LogP contribution >= 0.6 is 0 Å². The van der Waals surface area contributed by atoms with Crippen LogP contribution in [-0.2, 0) is 31.4 Å². The molecule has 5 nitrogen and oxygen atoms in total. The van der Waals surface area contributed by atoms with Crippen molar-refractivity contribution in [3.05, 3.63) is 70.5 Å². The molecule has 0 aliphatic carbocycles. The van der Waals surface area contributed by atoms with Crippen LogP contribution in [-0.4, -0.2) is 31.8 Å². The van der Waals surface area contributed by atoms with Crippen LogP contribution in [0.25, 0.3) is 0 Å². The zero-order chi connectivity index (χ0) is 25.0. The minimum absolute atomic E-state index is 0.0505. The van der Waals surface area contributed by atoms with Crippen LogP contribution in [0.1, 0.15) is 40.1 Å². The van der Waals surface area contributed by atoms with E-state index in [1.54, 1.807) is 0 Å². The molecule has 0 aliphatic rings. The Balaban J connectivity index is 2.39. The van der Waals surface area contributed by atoms with E-state index in [-0.39, 0.29) is 11.6 Å². The van der Waals surface area contributed by atoms with E-state index >= 15 is 0 Å². The first kappa shape index (κ1) is 26.3. The molecule has 0 aliphatic heterocycles. The van der Waals surface area contributed by atoms with Crippen molar-refractivity contribution in [3.8, 4) is 0 Å². The Morgan fingerprint density at radius 3 is 1.88 bits per heavy atom. The Morgan fingerprint density at radius 1 is 0.909 bits per heavy atom. The SMILES string of the molecule is COC(=O)COC(O[C@H](C)c1cc(C(F)(F)F)cc(C(F)(F)F)c1)C(=O)c1ccc(F)cc1. The summed E-state index contributed by atoms with van der Waals surface area (Å²) in [5.41, 5.74) is -3.83. The molecule has 0 saturated heterocycles. The van der Waals surface area contributed by atoms with Crippen LogP contribution in [0.4, 0.5) is 30.7 Å². The number of halogens is 7. The van der Waals surface area contributed by atoms with Gasteiger partial charge in [-0.15, -0.1) is 0 Å². The summed E-state index contributed by atoms with van der Waals surface area (Å²) in [5.74, 6) is -2.55. The van der Waals surface area contributed by atoms with Gasteiger partial charge < -0.3 is 14.2 Å². The number of esters is 1. The molecule has 0 N–H and O–H groups in total. The number of hydrogen-bond donors (Lipinski definition) is 0. The summed E-state index contributed by atoms with van der Waals surface area (Å²) in [6.07, 6.45) is -13.6. The molecular weight excluding hydrogens is 465 g/mol. The van der Waals surface area contributed by atoms with E-state index in [0.29, 0.717) is 12.1 Å². The molecular formula is C21H17F7O5. The van der Waals surface area contributed by atoms with Crippen LogP contribution in [0, 0.1) is 5.82 Å². The number of alkyl halides is 6. The molecule has 0 saturated carbocycles. The Hall–Kier alpha value is -2.99. The van der Waals surface area contributed by atoms with E-state index in [4.69, 9.17) is 9.47 Å². The first-order chi connectivity index (χ1) is 15.2. The first-order valence-electron chi connectivity index (χ1n) is 9.15. The lowest BCUT2D eigenvalue weighted by Crippen LogP contribution is -2.31. The van der Waals surface area contributed by atoms with E-state index in [1.165, 1.54) is 0 Å². The number of Topliss-reactive ketones (excluding diaryl/α,β-unsaturated/α-hetero) is 1. The largest absolute Gasteiger partial charge is 0.467 e. The van der Waals surface area contributed by atoms with Crippen LogP contribution in [0.2, 0.25) is 0 Å². The lowest BCUT2D eigenvalue weighted by atomic mass is 10.0. The van der Waals surface area contributed by atoms with Gasteiger partial charge in [0.2, 0.25) is 12.1 Å². The predicted molar refractivity (Wildman–Crippen MR) is 98.4 cm³/mol. The fraction of sp³-hybridized carbons (Fsp3) is 0.333. The van der Waals surface area contributed by atoms with Gasteiger partial charge in [0.15, 0.2) is 0 Å².